The molecule has 0 bridgehead atoms. The molecular weight excluding hydrogens is 266 g/mol. The van der Waals surface area contributed by atoms with Crippen LogP contribution in [-0.4, -0.2) is 27.4 Å². The molecule has 6 nitrogen and oxygen atoms in total. The number of halogens is 1. The van der Waals surface area contributed by atoms with E-state index in [1.54, 1.807) is 10.9 Å². The Hall–Kier alpha value is -1.92. The van der Waals surface area contributed by atoms with E-state index in [1.807, 2.05) is 25.1 Å². The number of benzene rings is 1. The minimum Gasteiger partial charge on any atom is -0.349 e. The number of rotatable bonds is 4. The molecule has 0 fully saturated rings. The fourth-order valence-corrected chi connectivity index (χ4v) is 1.77. The average Bonchev–Trinajstić information content (AvgIpc) is 2.87. The molecule has 0 saturated carbocycles. The SMILES string of the molecule is Cc1c(Cl)cccc1-n1cc(CNC(=O)CN)nn1. The average molecular weight is 280 g/mol. The standard InChI is InChI=1S/C12H14ClN5O/c1-8-10(13)3-2-4-11(8)18-7-9(16-17-18)6-15-12(19)5-14/h2-4,7H,5-6,14H2,1H3,(H,15,19). The van der Waals surface area contributed by atoms with Crippen LogP contribution in [0.5, 0.6) is 0 Å². The summed E-state index contributed by atoms with van der Waals surface area (Å²) >= 11 is 6.06. The molecular formula is C12H14ClN5O. The molecule has 0 unspecified atom stereocenters. The number of nitrogens with zero attached hydrogens (tertiary/aromatic N) is 3. The minimum atomic E-state index is -0.228. The fourth-order valence-electron chi connectivity index (χ4n) is 1.60. The third kappa shape index (κ3) is 3.10. The normalized spacial score (nSPS) is 10.5. The number of carbonyl (C=O) groups excluding carboxylic acids is 1. The van der Waals surface area contributed by atoms with Gasteiger partial charge in [-0.25, -0.2) is 4.68 Å². The van der Waals surface area contributed by atoms with Crippen molar-refractivity contribution in [3.8, 4) is 5.69 Å². The molecule has 19 heavy (non-hydrogen) atoms. The van der Waals surface area contributed by atoms with Crippen LogP contribution in [0.1, 0.15) is 11.3 Å². The van der Waals surface area contributed by atoms with Crippen LogP contribution in [0.3, 0.4) is 0 Å². The van der Waals surface area contributed by atoms with Gasteiger partial charge in [0, 0.05) is 5.02 Å². The highest BCUT2D eigenvalue weighted by molar-refractivity contribution is 6.31. The summed E-state index contributed by atoms with van der Waals surface area (Å²) in [6.07, 6.45) is 1.75. The maximum atomic E-state index is 11.1. The van der Waals surface area contributed by atoms with Crippen LogP contribution in [0.4, 0.5) is 0 Å². The Morgan fingerprint density at radius 2 is 2.32 bits per heavy atom. The molecule has 2 aromatic rings. The highest BCUT2D eigenvalue weighted by atomic mass is 35.5. The van der Waals surface area contributed by atoms with E-state index in [0.29, 0.717) is 17.3 Å². The highest BCUT2D eigenvalue weighted by Crippen LogP contribution is 2.21. The van der Waals surface area contributed by atoms with Gasteiger partial charge in [-0.05, 0) is 24.6 Å². The zero-order valence-electron chi connectivity index (χ0n) is 10.4. The van der Waals surface area contributed by atoms with Crippen molar-refractivity contribution in [3.05, 3.63) is 40.7 Å². The third-order valence-corrected chi connectivity index (χ3v) is 3.09. The second-order valence-electron chi connectivity index (χ2n) is 4.02. The Morgan fingerprint density at radius 1 is 1.53 bits per heavy atom. The van der Waals surface area contributed by atoms with Gasteiger partial charge < -0.3 is 11.1 Å². The van der Waals surface area contributed by atoms with Crippen molar-refractivity contribution >= 4 is 17.5 Å². The van der Waals surface area contributed by atoms with Crippen molar-refractivity contribution in [1.82, 2.24) is 20.3 Å². The monoisotopic (exact) mass is 279 g/mol. The Labute approximate surface area is 115 Å². The van der Waals surface area contributed by atoms with Crippen molar-refractivity contribution in [1.29, 1.82) is 0 Å². The number of nitrogens with two attached hydrogens (primary N) is 1. The zero-order valence-corrected chi connectivity index (χ0v) is 11.2. The van der Waals surface area contributed by atoms with E-state index in [4.69, 9.17) is 17.3 Å². The van der Waals surface area contributed by atoms with E-state index in [0.717, 1.165) is 11.3 Å². The lowest BCUT2D eigenvalue weighted by Gasteiger charge is -2.05. The van der Waals surface area contributed by atoms with Gasteiger partial charge in [0.05, 0.1) is 25.0 Å². The first-order valence-corrected chi connectivity index (χ1v) is 6.13. The topological polar surface area (TPSA) is 85.8 Å². The summed E-state index contributed by atoms with van der Waals surface area (Å²) in [5, 5.41) is 11.3. The van der Waals surface area contributed by atoms with Crippen LogP contribution >= 0.6 is 11.6 Å². The molecule has 2 rings (SSSR count). The molecule has 0 aliphatic heterocycles. The first-order valence-electron chi connectivity index (χ1n) is 5.75. The number of amides is 1. The maximum Gasteiger partial charge on any atom is 0.234 e. The summed E-state index contributed by atoms with van der Waals surface area (Å²) in [7, 11) is 0. The van der Waals surface area contributed by atoms with Gasteiger partial charge in [0.25, 0.3) is 0 Å². The van der Waals surface area contributed by atoms with Gasteiger partial charge >= 0.3 is 0 Å². The molecule has 1 amide bonds. The second-order valence-corrected chi connectivity index (χ2v) is 4.43. The van der Waals surface area contributed by atoms with E-state index in [2.05, 4.69) is 15.6 Å². The van der Waals surface area contributed by atoms with Gasteiger partial charge in [-0.3, -0.25) is 4.79 Å². The van der Waals surface area contributed by atoms with E-state index in [-0.39, 0.29) is 12.5 Å². The smallest absolute Gasteiger partial charge is 0.234 e. The molecule has 1 heterocycles. The number of hydrogen-bond acceptors (Lipinski definition) is 4. The van der Waals surface area contributed by atoms with Crippen LogP contribution in [0.25, 0.3) is 5.69 Å². The van der Waals surface area contributed by atoms with Crippen molar-refractivity contribution < 1.29 is 4.79 Å². The Balaban J connectivity index is 2.17. The molecule has 7 heteroatoms. The molecule has 0 atom stereocenters. The molecule has 0 saturated heterocycles. The van der Waals surface area contributed by atoms with Crippen molar-refractivity contribution in [2.75, 3.05) is 6.54 Å². The summed E-state index contributed by atoms with van der Waals surface area (Å²) in [4.78, 5) is 11.1. The molecule has 1 aromatic heterocycles. The minimum absolute atomic E-state index is 0.0401. The molecule has 3 N–H and O–H groups in total. The molecule has 1 aromatic carbocycles. The number of aromatic nitrogens is 3. The second kappa shape index (κ2) is 5.81. The summed E-state index contributed by atoms with van der Waals surface area (Å²) in [5.74, 6) is -0.228. The first kappa shape index (κ1) is 13.5. The molecule has 100 valence electrons. The number of hydrogen-bond donors (Lipinski definition) is 2. The van der Waals surface area contributed by atoms with Gasteiger partial charge in [-0.2, -0.15) is 0 Å². The Bertz CT molecular complexity index is 596. The highest BCUT2D eigenvalue weighted by Gasteiger charge is 2.08. The lowest BCUT2D eigenvalue weighted by Crippen LogP contribution is -2.29. The van der Waals surface area contributed by atoms with Crippen molar-refractivity contribution in [2.24, 2.45) is 5.73 Å². The predicted octanol–water partition coefficient (Wildman–Crippen LogP) is 0.804. The Kier molecular flexibility index (Phi) is 4.13. The van der Waals surface area contributed by atoms with Crippen LogP contribution in [0.15, 0.2) is 24.4 Å². The van der Waals surface area contributed by atoms with Crippen LogP contribution in [0.2, 0.25) is 5.02 Å². The lowest BCUT2D eigenvalue weighted by molar-refractivity contribution is -0.119. The largest absolute Gasteiger partial charge is 0.349 e. The maximum absolute atomic E-state index is 11.1. The van der Waals surface area contributed by atoms with E-state index in [9.17, 15) is 4.79 Å². The third-order valence-electron chi connectivity index (χ3n) is 2.68. The summed E-state index contributed by atoms with van der Waals surface area (Å²) < 4.78 is 1.63. The quantitative estimate of drug-likeness (QED) is 0.867. The van der Waals surface area contributed by atoms with Gasteiger partial charge in [0.1, 0.15) is 5.69 Å². The summed E-state index contributed by atoms with van der Waals surface area (Å²) in [6.45, 7) is 2.17. The van der Waals surface area contributed by atoms with E-state index in [1.165, 1.54) is 0 Å². The number of carbonyl (C=O) groups is 1. The zero-order chi connectivity index (χ0) is 13.8. The summed E-state index contributed by atoms with van der Waals surface area (Å²) in [5.41, 5.74) is 7.64. The van der Waals surface area contributed by atoms with Gasteiger partial charge in [-0.1, -0.05) is 22.9 Å². The molecule has 0 aliphatic rings. The Morgan fingerprint density at radius 3 is 3.05 bits per heavy atom. The van der Waals surface area contributed by atoms with Gasteiger partial charge in [0.2, 0.25) is 5.91 Å². The van der Waals surface area contributed by atoms with Crippen LogP contribution < -0.4 is 11.1 Å². The molecule has 0 spiro atoms. The first-order chi connectivity index (χ1) is 9.11. The fraction of sp³-hybridized carbons (Fsp3) is 0.250. The van der Waals surface area contributed by atoms with Crippen molar-refractivity contribution in [3.63, 3.8) is 0 Å². The number of nitrogens with one attached hydrogen (secondary N) is 1. The van der Waals surface area contributed by atoms with Gasteiger partial charge in [-0.15, -0.1) is 5.10 Å². The van der Waals surface area contributed by atoms with Crippen LogP contribution in [0, 0.1) is 6.92 Å². The molecule has 0 aliphatic carbocycles. The van der Waals surface area contributed by atoms with Gasteiger partial charge in [0.15, 0.2) is 0 Å². The molecule has 0 radical (unpaired) electrons. The van der Waals surface area contributed by atoms with E-state index >= 15 is 0 Å². The van der Waals surface area contributed by atoms with E-state index < -0.39 is 0 Å². The predicted molar refractivity (Wildman–Crippen MR) is 72.0 cm³/mol. The van der Waals surface area contributed by atoms with Crippen molar-refractivity contribution in [2.45, 2.75) is 13.5 Å². The summed E-state index contributed by atoms with van der Waals surface area (Å²) in [6, 6.07) is 5.57. The lowest BCUT2D eigenvalue weighted by atomic mass is 10.2. The van der Waals surface area contributed by atoms with Crippen LogP contribution in [-0.2, 0) is 11.3 Å².